The Bertz CT molecular complexity index is 1800. The van der Waals surface area contributed by atoms with Crippen molar-refractivity contribution < 1.29 is 10.2 Å². The molecule has 0 aliphatic carbocycles. The minimum atomic E-state index is 0.312. The molecule has 0 saturated heterocycles. The Kier molecular flexibility index (Phi) is 4.92. The Hall–Kier alpha value is -4.82. The van der Waals surface area contributed by atoms with Crippen molar-refractivity contribution >= 4 is 43.1 Å². The van der Waals surface area contributed by atoms with Crippen molar-refractivity contribution in [2.24, 2.45) is 0 Å². The molecule has 7 rings (SSSR count). The molecule has 0 fully saturated rings. The standard InChI is InChI=1S/C36H26O2/c1-21-19-20-22(2)32(34-25-13-5-9-17-29(25)36(38)30-18-10-6-14-26(30)34)31(21)33-23-11-3-7-15-27(23)35(37)28-16-8-4-12-24(28)33/h3-20,37-38H,1-2H3. The molecule has 0 aliphatic heterocycles. The summed E-state index contributed by atoms with van der Waals surface area (Å²) in [5, 5.41) is 30.0. The van der Waals surface area contributed by atoms with Gasteiger partial charge in [0.25, 0.3) is 0 Å². The summed E-state index contributed by atoms with van der Waals surface area (Å²) in [6, 6.07) is 36.9. The lowest BCUT2D eigenvalue weighted by atomic mass is 9.80. The van der Waals surface area contributed by atoms with Gasteiger partial charge < -0.3 is 10.2 Å². The molecule has 38 heavy (non-hydrogen) atoms. The summed E-state index contributed by atoms with van der Waals surface area (Å²) >= 11 is 0. The lowest BCUT2D eigenvalue weighted by Gasteiger charge is -2.23. The molecule has 0 heterocycles. The van der Waals surface area contributed by atoms with Crippen LogP contribution in [0, 0.1) is 13.8 Å². The van der Waals surface area contributed by atoms with Gasteiger partial charge in [0.2, 0.25) is 0 Å². The van der Waals surface area contributed by atoms with E-state index in [0.717, 1.165) is 76.5 Å². The van der Waals surface area contributed by atoms with Crippen molar-refractivity contribution in [1.29, 1.82) is 0 Å². The van der Waals surface area contributed by atoms with Gasteiger partial charge in [0.05, 0.1) is 0 Å². The van der Waals surface area contributed by atoms with Crippen LogP contribution in [0.3, 0.4) is 0 Å². The topological polar surface area (TPSA) is 40.5 Å². The summed E-state index contributed by atoms with van der Waals surface area (Å²) in [4.78, 5) is 0. The van der Waals surface area contributed by atoms with E-state index in [2.05, 4.69) is 50.2 Å². The highest BCUT2D eigenvalue weighted by atomic mass is 16.3. The zero-order valence-corrected chi connectivity index (χ0v) is 21.3. The Morgan fingerprint density at radius 3 is 0.816 bits per heavy atom. The predicted octanol–water partition coefficient (Wildman–Crippen LogP) is 9.66. The first-order valence-electron chi connectivity index (χ1n) is 12.9. The van der Waals surface area contributed by atoms with E-state index >= 15 is 0 Å². The highest BCUT2D eigenvalue weighted by Gasteiger charge is 2.23. The summed E-state index contributed by atoms with van der Waals surface area (Å²) < 4.78 is 0. The average Bonchev–Trinajstić information content (AvgIpc) is 2.96. The first kappa shape index (κ1) is 22.4. The number of phenols is 2. The maximum absolute atomic E-state index is 11.3. The average molecular weight is 491 g/mol. The van der Waals surface area contributed by atoms with Crippen molar-refractivity contribution in [3.63, 3.8) is 0 Å². The number of fused-ring (bicyclic) bond motifs is 4. The Morgan fingerprint density at radius 2 is 0.553 bits per heavy atom. The van der Waals surface area contributed by atoms with E-state index in [0.29, 0.717) is 11.5 Å². The molecule has 182 valence electrons. The third-order valence-electron chi connectivity index (χ3n) is 7.93. The first-order valence-corrected chi connectivity index (χ1v) is 12.9. The van der Waals surface area contributed by atoms with Gasteiger partial charge in [0.1, 0.15) is 11.5 Å². The zero-order valence-electron chi connectivity index (χ0n) is 21.3. The minimum Gasteiger partial charge on any atom is -0.507 e. The molecule has 0 amide bonds. The summed E-state index contributed by atoms with van der Waals surface area (Å²) in [5.74, 6) is 0.625. The smallest absolute Gasteiger partial charge is 0.131 e. The molecule has 0 aliphatic rings. The van der Waals surface area contributed by atoms with E-state index in [-0.39, 0.29) is 0 Å². The molecule has 7 aromatic rings. The predicted molar refractivity (Wildman–Crippen MR) is 160 cm³/mol. The second-order valence-electron chi connectivity index (χ2n) is 10.1. The summed E-state index contributed by atoms with van der Waals surface area (Å²) in [6.07, 6.45) is 0. The number of hydrogen-bond acceptors (Lipinski definition) is 2. The number of hydrogen-bond donors (Lipinski definition) is 2. The van der Waals surface area contributed by atoms with Crippen molar-refractivity contribution in [3.05, 3.63) is 120 Å². The van der Waals surface area contributed by atoms with E-state index in [1.807, 2.05) is 72.8 Å². The number of phenolic OH excluding ortho intramolecular Hbond substituents is 2. The minimum absolute atomic E-state index is 0.312. The van der Waals surface area contributed by atoms with E-state index in [9.17, 15) is 10.2 Å². The largest absolute Gasteiger partial charge is 0.507 e. The van der Waals surface area contributed by atoms with Crippen molar-refractivity contribution in [3.8, 4) is 33.8 Å². The van der Waals surface area contributed by atoms with Crippen LogP contribution in [0.4, 0.5) is 0 Å². The Balaban J connectivity index is 1.76. The fourth-order valence-electron chi connectivity index (χ4n) is 6.20. The van der Waals surface area contributed by atoms with Crippen molar-refractivity contribution in [2.45, 2.75) is 13.8 Å². The van der Waals surface area contributed by atoms with Gasteiger partial charge >= 0.3 is 0 Å². The van der Waals surface area contributed by atoms with Crippen molar-refractivity contribution in [1.82, 2.24) is 0 Å². The van der Waals surface area contributed by atoms with E-state index < -0.39 is 0 Å². The number of aromatic hydroxyl groups is 2. The molecule has 0 saturated carbocycles. The molecule has 0 radical (unpaired) electrons. The number of benzene rings is 7. The van der Waals surface area contributed by atoms with Crippen LogP contribution in [0.2, 0.25) is 0 Å². The zero-order chi connectivity index (χ0) is 26.0. The first-order chi connectivity index (χ1) is 18.6. The fraction of sp³-hybridized carbons (Fsp3) is 0.0556. The summed E-state index contributed by atoms with van der Waals surface area (Å²) in [6.45, 7) is 4.33. The molecular weight excluding hydrogens is 464 g/mol. The van der Waals surface area contributed by atoms with Gasteiger partial charge in [-0.05, 0) is 68.8 Å². The van der Waals surface area contributed by atoms with Crippen molar-refractivity contribution in [2.75, 3.05) is 0 Å². The van der Waals surface area contributed by atoms with Crippen LogP contribution < -0.4 is 0 Å². The maximum atomic E-state index is 11.3. The number of rotatable bonds is 2. The fourth-order valence-corrected chi connectivity index (χ4v) is 6.20. The molecule has 0 aromatic heterocycles. The van der Waals surface area contributed by atoms with Crippen LogP contribution in [0.15, 0.2) is 109 Å². The maximum Gasteiger partial charge on any atom is 0.131 e. The number of aryl methyl sites for hydroxylation is 2. The van der Waals surface area contributed by atoms with Crippen LogP contribution in [-0.2, 0) is 0 Å². The van der Waals surface area contributed by atoms with Gasteiger partial charge in [0.15, 0.2) is 0 Å². The van der Waals surface area contributed by atoms with Gasteiger partial charge in [0, 0.05) is 21.5 Å². The third-order valence-corrected chi connectivity index (χ3v) is 7.93. The quantitative estimate of drug-likeness (QED) is 0.237. The van der Waals surface area contributed by atoms with Gasteiger partial charge in [-0.15, -0.1) is 0 Å². The molecule has 2 nitrogen and oxygen atoms in total. The third kappa shape index (κ3) is 3.07. The van der Waals surface area contributed by atoms with E-state index in [1.165, 1.54) is 0 Å². The van der Waals surface area contributed by atoms with Gasteiger partial charge in [-0.3, -0.25) is 0 Å². The molecule has 2 heteroatoms. The molecule has 0 unspecified atom stereocenters. The lowest BCUT2D eigenvalue weighted by molar-refractivity contribution is 0.487. The molecule has 2 N–H and O–H groups in total. The molecule has 0 bridgehead atoms. The molecule has 0 spiro atoms. The second kappa shape index (κ2) is 8.36. The van der Waals surface area contributed by atoms with Crippen LogP contribution in [-0.4, -0.2) is 10.2 Å². The summed E-state index contributed by atoms with van der Waals surface area (Å²) in [5.41, 5.74) is 6.86. The van der Waals surface area contributed by atoms with Gasteiger partial charge in [-0.1, -0.05) is 109 Å². The van der Waals surface area contributed by atoms with Crippen LogP contribution in [0.5, 0.6) is 11.5 Å². The highest BCUT2D eigenvalue weighted by Crippen LogP contribution is 2.51. The normalized spacial score (nSPS) is 11.6. The van der Waals surface area contributed by atoms with Crippen LogP contribution >= 0.6 is 0 Å². The van der Waals surface area contributed by atoms with Crippen LogP contribution in [0.1, 0.15) is 11.1 Å². The van der Waals surface area contributed by atoms with Gasteiger partial charge in [-0.2, -0.15) is 0 Å². The lowest BCUT2D eigenvalue weighted by Crippen LogP contribution is -1.97. The Morgan fingerprint density at radius 1 is 0.316 bits per heavy atom. The van der Waals surface area contributed by atoms with Gasteiger partial charge in [-0.25, -0.2) is 0 Å². The SMILES string of the molecule is Cc1ccc(C)c(-c2c3ccccc3c(O)c3ccccc23)c1-c1c2ccccc2c(O)c2ccccc12. The van der Waals surface area contributed by atoms with E-state index in [4.69, 9.17) is 0 Å². The summed E-state index contributed by atoms with van der Waals surface area (Å²) in [7, 11) is 0. The second-order valence-corrected chi connectivity index (χ2v) is 10.1. The highest BCUT2D eigenvalue weighted by molar-refractivity contribution is 6.23. The monoisotopic (exact) mass is 490 g/mol. The van der Waals surface area contributed by atoms with E-state index in [1.54, 1.807) is 0 Å². The molecule has 7 aromatic carbocycles. The molecular formula is C36H26O2. The van der Waals surface area contributed by atoms with Crippen LogP contribution in [0.25, 0.3) is 65.3 Å². The Labute approximate surface area is 221 Å². The molecule has 0 atom stereocenters.